The number of nitrogens with zero attached hydrogens (tertiary/aromatic N) is 12. The number of aryl methyl sites for hydroxylation is 4. The molecule has 12 N–H and O–H groups in total. The molecule has 38 heteroatoms. The highest BCUT2D eigenvalue weighted by Gasteiger charge is 2.47. The number of halogens is 2. The Morgan fingerprint density at radius 1 is 0.421 bits per heavy atom. The summed E-state index contributed by atoms with van der Waals surface area (Å²) in [6.07, 6.45) is 18.7. The third kappa shape index (κ3) is 30.9. The first-order valence-electron chi connectivity index (χ1n) is 48.7. The molecular formula is C102H148F2N20O12S4. The SMILES string of the molecule is CCC(C)(C)Nc1cc(C)c(-c2sc(C(=O)NCC(C)(C)O)nc2C(=O)N2CCCC[C@@H]2C)cn1.CC[C@@H](C)Nc1cc(C)c(-c2sc(C(=O)NCC(C)(C)O)nc2C(=O)N2CCCC[C@@H]2C)cn1.Cc1cc(NC(C)(C)C2CC2)ncc1-c1sc(C(=O)NCC(C)(C)O)nc1C(=O)N1CC(F)(F)C[C@@H]1C.Cc1cc(NCC(C)(C)C)ncc1-c1sc(C(=O)NCC(C)(C)O)nc1C(=O)N1CCC[C@@H]1C. The van der Waals surface area contributed by atoms with Crippen molar-refractivity contribution in [2.45, 2.75) is 333 Å². The van der Waals surface area contributed by atoms with Crippen LogP contribution < -0.4 is 42.5 Å². The van der Waals surface area contributed by atoms with Crippen LogP contribution in [0.3, 0.4) is 0 Å². The summed E-state index contributed by atoms with van der Waals surface area (Å²) in [5.74, 6) is -2.25. The largest absolute Gasteiger partial charge is 0.389 e. The molecule has 4 aliphatic heterocycles. The zero-order valence-corrected chi connectivity index (χ0v) is 89.7. The number of rotatable bonds is 31. The van der Waals surface area contributed by atoms with Crippen LogP contribution in [0.2, 0.25) is 0 Å². The number of aromatic nitrogens is 8. The minimum absolute atomic E-state index is 0.0117. The predicted octanol–water partition coefficient (Wildman–Crippen LogP) is 17.4. The standard InChI is InChI=1S/C26H35F2N5O3S.C26H39N5O3S.2C25H37N5O3S/c1-14-9-18(32-25(5,6)16-7-8-16)29-11-17(14)20-19(23(35)33-13-26(27,28)10-15(33)2)31-22(37-20)21(34)30-12-24(3,4)36;1-8-25(4,5)30-19-13-16(2)18(14-27-19)21-20(24(33)31-12-10-9-11-17(31)3)29-23(35-21)22(32)28-15-26(6,7)34;1-15-11-18(27-13-24(3,4)5)26-12-17(15)20-19(23(32)30-10-8-9-16(30)2)29-22(34-20)21(31)28-14-25(6,7)33;1-7-16(3)28-19-12-15(2)18(13-26-19)21-20(24(32)30-11-9-8-10-17(30)4)29-23(34-21)22(31)27-14-25(5,6)33/h9,11,15-16,36H,7-8,10,12-13H2,1-6H3,(H,29,32)(H,30,34);13-14,17,34H,8-12,15H2,1-7H3,(H,27,30)(H,28,32);11-12,16,33H,8-10,13-14H2,1-7H3,(H,26,27)(H,28,31);12-13,16-17,33H,7-11,14H2,1-6H3,(H,26,28)(H,27,31)/t15-;17-;16-;16-,17+/m0001/s1. The number of thiazole rings is 4. The average Bonchev–Trinajstić information content (AvgIpc) is 1.63. The zero-order valence-electron chi connectivity index (χ0n) is 86.4. The Bertz CT molecular complexity index is 5740. The Balaban J connectivity index is 0.000000192. The quantitative estimate of drug-likeness (QED) is 0.0192. The van der Waals surface area contributed by atoms with Gasteiger partial charge in [-0.2, -0.15) is 0 Å². The maximum Gasteiger partial charge on any atom is 0.280 e. The second-order valence-corrected chi connectivity index (χ2v) is 47.2. The maximum absolute atomic E-state index is 14.1. The van der Waals surface area contributed by atoms with Crippen molar-refractivity contribution in [1.29, 1.82) is 0 Å². The summed E-state index contributed by atoms with van der Waals surface area (Å²) in [5.41, 5.74) is 3.09. The number of carbonyl (C=O) groups excluding carboxylic acids is 8. The van der Waals surface area contributed by atoms with Gasteiger partial charge in [0.15, 0.2) is 20.0 Å². The molecular weight excluding hydrogens is 1860 g/mol. The Kier molecular flexibility index (Phi) is 36.7. The van der Waals surface area contributed by atoms with Crippen molar-refractivity contribution < 1.29 is 67.6 Å². The van der Waals surface area contributed by atoms with Crippen LogP contribution >= 0.6 is 45.3 Å². The first-order chi connectivity index (χ1) is 65.1. The van der Waals surface area contributed by atoms with Gasteiger partial charge in [-0.05, 0) is 280 Å². The fourth-order valence-corrected chi connectivity index (χ4v) is 20.4. The number of pyridine rings is 4. The van der Waals surface area contributed by atoms with Crippen LogP contribution in [0.25, 0.3) is 41.8 Å². The van der Waals surface area contributed by atoms with Crippen molar-refractivity contribution >= 4 is 116 Å². The van der Waals surface area contributed by atoms with Gasteiger partial charge >= 0.3 is 0 Å². The Hall–Kier alpha value is -10.2. The minimum atomic E-state index is -2.97. The summed E-state index contributed by atoms with van der Waals surface area (Å²) in [6.45, 7) is 52.1. The summed E-state index contributed by atoms with van der Waals surface area (Å²) in [6, 6.07) is 7.80. The minimum Gasteiger partial charge on any atom is -0.389 e. The molecule has 12 heterocycles. The molecule has 1 saturated carbocycles. The summed E-state index contributed by atoms with van der Waals surface area (Å²) >= 11 is 4.57. The van der Waals surface area contributed by atoms with Crippen molar-refractivity contribution in [1.82, 2.24) is 80.7 Å². The first kappa shape index (κ1) is 112. The van der Waals surface area contributed by atoms with Crippen LogP contribution in [0.5, 0.6) is 0 Å². The highest BCUT2D eigenvalue weighted by atomic mass is 32.1. The average molecular weight is 2010 g/mol. The molecule has 5 fully saturated rings. The molecule has 32 nitrogen and oxygen atoms in total. The Morgan fingerprint density at radius 2 is 0.729 bits per heavy atom. The number of anilines is 4. The number of hydrogen-bond acceptors (Lipinski definition) is 28. The van der Waals surface area contributed by atoms with Gasteiger partial charge in [0.05, 0.1) is 48.5 Å². The van der Waals surface area contributed by atoms with Gasteiger partial charge < -0.3 is 82.6 Å². The third-order valence-corrected chi connectivity index (χ3v) is 29.5. The number of amides is 8. The summed E-state index contributed by atoms with van der Waals surface area (Å²) in [4.78, 5) is 151. The molecule has 5 atom stereocenters. The Morgan fingerprint density at radius 3 is 1.01 bits per heavy atom. The fraction of sp³-hybridized carbons (Fsp3) is 0.608. The molecule has 8 amide bonds. The van der Waals surface area contributed by atoms with Gasteiger partial charge in [0.1, 0.15) is 46.0 Å². The van der Waals surface area contributed by atoms with Gasteiger partial charge in [-0.1, -0.05) is 34.6 Å². The molecule has 1 aliphatic carbocycles. The molecule has 140 heavy (non-hydrogen) atoms. The summed E-state index contributed by atoms with van der Waals surface area (Å²) < 4.78 is 28.2. The first-order valence-corrected chi connectivity index (χ1v) is 52.0. The Labute approximate surface area is 839 Å². The van der Waals surface area contributed by atoms with Crippen LogP contribution in [0.15, 0.2) is 49.1 Å². The van der Waals surface area contributed by atoms with Crippen LogP contribution in [-0.2, 0) is 0 Å². The zero-order chi connectivity index (χ0) is 104. The van der Waals surface area contributed by atoms with Gasteiger partial charge in [0.25, 0.3) is 53.2 Å². The number of nitrogens with one attached hydrogen (secondary N) is 8. The van der Waals surface area contributed by atoms with E-state index in [2.05, 4.69) is 165 Å². The van der Waals surface area contributed by atoms with Gasteiger partial charge in [-0.25, -0.2) is 48.7 Å². The number of hydrogen-bond donors (Lipinski definition) is 12. The highest BCUT2D eigenvalue weighted by molar-refractivity contribution is 7.18. The lowest BCUT2D eigenvalue weighted by atomic mass is 9.97. The number of aliphatic hydroxyl groups is 4. The van der Waals surface area contributed by atoms with E-state index in [1.807, 2.05) is 73.6 Å². The molecule has 8 aromatic heterocycles. The normalized spacial score (nSPS) is 17.7. The van der Waals surface area contributed by atoms with Crippen LogP contribution in [-0.4, -0.2) is 256 Å². The molecule has 8 aromatic rings. The molecule has 0 aromatic carbocycles. The topological polar surface area (TPSA) is 430 Å². The van der Waals surface area contributed by atoms with Crippen LogP contribution in [0.4, 0.5) is 32.1 Å². The molecule has 0 spiro atoms. The molecule has 4 saturated heterocycles. The van der Waals surface area contributed by atoms with E-state index in [1.54, 1.807) is 87.1 Å². The van der Waals surface area contributed by atoms with E-state index in [0.29, 0.717) is 68.2 Å². The van der Waals surface area contributed by atoms with E-state index in [-0.39, 0.29) is 116 Å². The van der Waals surface area contributed by atoms with Crippen LogP contribution in [0, 0.1) is 39.0 Å². The molecule has 0 radical (unpaired) electrons. The monoisotopic (exact) mass is 2010 g/mol. The van der Waals surface area contributed by atoms with Gasteiger partial charge in [-0.3, -0.25) is 38.4 Å². The van der Waals surface area contributed by atoms with Crippen molar-refractivity contribution in [2.75, 3.05) is 80.2 Å². The second kappa shape index (κ2) is 46.0. The van der Waals surface area contributed by atoms with E-state index in [0.717, 1.165) is 143 Å². The fourth-order valence-electron chi connectivity index (χ4n) is 16.2. The highest BCUT2D eigenvalue weighted by Crippen LogP contribution is 2.45. The predicted molar refractivity (Wildman–Crippen MR) is 553 cm³/mol. The molecule has 0 bridgehead atoms. The molecule has 13 rings (SSSR count). The molecule has 0 unspecified atom stereocenters. The van der Waals surface area contributed by atoms with E-state index < -0.39 is 76.9 Å². The smallest absolute Gasteiger partial charge is 0.280 e. The van der Waals surface area contributed by atoms with E-state index in [4.69, 9.17) is 0 Å². The van der Waals surface area contributed by atoms with Crippen molar-refractivity contribution in [2.24, 2.45) is 11.3 Å². The van der Waals surface area contributed by atoms with Crippen LogP contribution in [0.1, 0.15) is 339 Å². The van der Waals surface area contributed by atoms with E-state index in [1.165, 1.54) is 46.9 Å². The number of likely N-dealkylation sites (tertiary alicyclic amines) is 4. The van der Waals surface area contributed by atoms with E-state index >= 15 is 0 Å². The lowest BCUT2D eigenvalue weighted by molar-refractivity contribution is 0.0117. The number of carbonyl (C=O) groups is 8. The maximum atomic E-state index is 14.1. The van der Waals surface area contributed by atoms with Gasteiger partial charge in [0, 0.05) is 147 Å². The van der Waals surface area contributed by atoms with E-state index in [9.17, 15) is 67.6 Å². The van der Waals surface area contributed by atoms with Crippen molar-refractivity contribution in [3.8, 4) is 41.8 Å². The van der Waals surface area contributed by atoms with Gasteiger partial charge in [-0.15, -0.1) is 45.3 Å². The van der Waals surface area contributed by atoms with Crippen molar-refractivity contribution in [3.05, 3.63) is 114 Å². The number of piperidine rings is 2. The summed E-state index contributed by atoms with van der Waals surface area (Å²) in [7, 11) is 0. The lowest BCUT2D eigenvalue weighted by Crippen LogP contribution is -2.42. The van der Waals surface area contributed by atoms with Crippen molar-refractivity contribution in [3.63, 3.8) is 0 Å². The van der Waals surface area contributed by atoms with Gasteiger partial charge in [0.2, 0.25) is 0 Å². The third-order valence-electron chi connectivity index (χ3n) is 25.2. The second-order valence-electron chi connectivity index (χ2n) is 43.2. The molecule has 766 valence electrons. The molecule has 5 aliphatic rings. The summed E-state index contributed by atoms with van der Waals surface area (Å²) in [5, 5.41) is 64.9. The lowest BCUT2D eigenvalue weighted by Gasteiger charge is -2.33. The number of alkyl halides is 2.